The molecular weight excluding hydrogens is 314 g/mol. The van der Waals surface area contributed by atoms with Gasteiger partial charge in [0.15, 0.2) is 0 Å². The quantitative estimate of drug-likeness (QED) is 0.916. The summed E-state index contributed by atoms with van der Waals surface area (Å²) >= 11 is 5.97. The van der Waals surface area contributed by atoms with Gasteiger partial charge in [-0.2, -0.15) is 0 Å². The SMILES string of the molecule is COc1cc(S(=O)(=O)Nc2ccccc2)c(OC)cc1Cl. The monoisotopic (exact) mass is 327 g/mol. The first-order chi connectivity index (χ1) is 9.97. The minimum atomic E-state index is -3.82. The van der Waals surface area contributed by atoms with Gasteiger partial charge in [-0.25, -0.2) is 8.42 Å². The zero-order chi connectivity index (χ0) is 15.5. The molecule has 0 saturated heterocycles. The van der Waals surface area contributed by atoms with Crippen LogP contribution in [0.15, 0.2) is 47.4 Å². The number of methoxy groups -OCH3 is 2. The number of sulfonamides is 1. The molecule has 0 fully saturated rings. The zero-order valence-electron chi connectivity index (χ0n) is 11.5. The third-order valence-corrected chi connectivity index (χ3v) is 4.45. The summed E-state index contributed by atoms with van der Waals surface area (Å²) in [5.74, 6) is 0.398. The van der Waals surface area contributed by atoms with Crippen LogP contribution < -0.4 is 14.2 Å². The summed E-state index contributed by atoms with van der Waals surface area (Å²) in [5.41, 5.74) is 0.452. The van der Waals surface area contributed by atoms with E-state index < -0.39 is 10.0 Å². The van der Waals surface area contributed by atoms with Crippen molar-refractivity contribution < 1.29 is 17.9 Å². The number of rotatable bonds is 5. The molecule has 0 unspecified atom stereocenters. The average molecular weight is 328 g/mol. The van der Waals surface area contributed by atoms with Crippen molar-refractivity contribution in [3.05, 3.63) is 47.5 Å². The lowest BCUT2D eigenvalue weighted by Crippen LogP contribution is -2.14. The second kappa shape index (κ2) is 6.24. The largest absolute Gasteiger partial charge is 0.495 e. The van der Waals surface area contributed by atoms with Crippen LogP contribution in [0.1, 0.15) is 0 Å². The van der Waals surface area contributed by atoms with E-state index in [0.717, 1.165) is 0 Å². The van der Waals surface area contributed by atoms with E-state index in [9.17, 15) is 8.42 Å². The fourth-order valence-corrected chi connectivity index (χ4v) is 3.22. The number of ether oxygens (including phenoxy) is 2. The highest BCUT2D eigenvalue weighted by Gasteiger charge is 2.22. The summed E-state index contributed by atoms with van der Waals surface area (Å²) < 4.78 is 37.6. The van der Waals surface area contributed by atoms with E-state index in [1.165, 1.54) is 26.4 Å². The summed E-state index contributed by atoms with van der Waals surface area (Å²) in [4.78, 5) is -0.0462. The molecule has 2 rings (SSSR count). The van der Waals surface area contributed by atoms with Crippen molar-refractivity contribution in [2.45, 2.75) is 4.90 Å². The molecule has 0 atom stereocenters. The van der Waals surface area contributed by atoms with E-state index in [1.807, 2.05) is 0 Å². The Morgan fingerprint density at radius 1 is 1.00 bits per heavy atom. The predicted molar refractivity (Wildman–Crippen MR) is 81.8 cm³/mol. The summed E-state index contributed by atoms with van der Waals surface area (Å²) in [7, 11) is -1.03. The number of hydrogen-bond acceptors (Lipinski definition) is 4. The first-order valence-electron chi connectivity index (χ1n) is 5.97. The van der Waals surface area contributed by atoms with Crippen LogP contribution in [0.3, 0.4) is 0 Å². The van der Waals surface area contributed by atoms with Crippen molar-refractivity contribution in [2.24, 2.45) is 0 Å². The molecule has 0 aromatic heterocycles. The minimum Gasteiger partial charge on any atom is -0.495 e. The van der Waals surface area contributed by atoms with Crippen molar-refractivity contribution in [3.8, 4) is 11.5 Å². The molecule has 7 heteroatoms. The van der Waals surface area contributed by atoms with Crippen LogP contribution in [0.25, 0.3) is 0 Å². The highest BCUT2D eigenvalue weighted by Crippen LogP contribution is 2.35. The Labute approximate surface area is 128 Å². The second-order valence-electron chi connectivity index (χ2n) is 4.11. The molecule has 5 nitrogen and oxygen atoms in total. The third-order valence-electron chi connectivity index (χ3n) is 2.75. The van der Waals surface area contributed by atoms with Gasteiger partial charge in [0, 0.05) is 17.8 Å². The summed E-state index contributed by atoms with van der Waals surface area (Å²) in [6.07, 6.45) is 0. The lowest BCUT2D eigenvalue weighted by molar-refractivity contribution is 0.392. The number of halogens is 1. The van der Waals surface area contributed by atoms with Crippen molar-refractivity contribution in [2.75, 3.05) is 18.9 Å². The summed E-state index contributed by atoms with van der Waals surface area (Å²) in [6.45, 7) is 0. The van der Waals surface area contributed by atoms with Gasteiger partial charge in [0.1, 0.15) is 16.4 Å². The molecule has 0 aliphatic carbocycles. The number of hydrogen-bond donors (Lipinski definition) is 1. The second-order valence-corrected chi connectivity index (χ2v) is 6.17. The number of para-hydroxylation sites is 1. The molecule has 0 aliphatic rings. The molecule has 0 spiro atoms. The van der Waals surface area contributed by atoms with E-state index in [2.05, 4.69) is 4.72 Å². The van der Waals surface area contributed by atoms with Gasteiger partial charge in [-0.1, -0.05) is 29.8 Å². The van der Waals surface area contributed by atoms with Crippen LogP contribution in [-0.2, 0) is 10.0 Å². The number of anilines is 1. The maximum atomic E-state index is 12.5. The fourth-order valence-electron chi connectivity index (χ4n) is 1.76. The highest BCUT2D eigenvalue weighted by atomic mass is 35.5. The lowest BCUT2D eigenvalue weighted by Gasteiger charge is -2.13. The van der Waals surface area contributed by atoms with Gasteiger partial charge in [-0.05, 0) is 12.1 Å². The van der Waals surface area contributed by atoms with Crippen LogP contribution >= 0.6 is 11.6 Å². The topological polar surface area (TPSA) is 64.6 Å². The van der Waals surface area contributed by atoms with Crippen molar-refractivity contribution >= 4 is 27.3 Å². The van der Waals surface area contributed by atoms with Gasteiger partial charge < -0.3 is 9.47 Å². The van der Waals surface area contributed by atoms with Gasteiger partial charge >= 0.3 is 0 Å². The van der Waals surface area contributed by atoms with E-state index in [4.69, 9.17) is 21.1 Å². The van der Waals surface area contributed by atoms with E-state index >= 15 is 0 Å². The van der Waals surface area contributed by atoms with E-state index in [1.54, 1.807) is 30.3 Å². The fraction of sp³-hybridized carbons (Fsp3) is 0.143. The lowest BCUT2D eigenvalue weighted by atomic mass is 10.3. The number of nitrogens with one attached hydrogen (secondary N) is 1. The van der Waals surface area contributed by atoms with Gasteiger partial charge in [0.2, 0.25) is 0 Å². The normalized spacial score (nSPS) is 11.0. The molecule has 0 heterocycles. The summed E-state index contributed by atoms with van der Waals surface area (Å²) in [5, 5.41) is 0.271. The minimum absolute atomic E-state index is 0.0462. The van der Waals surface area contributed by atoms with Crippen LogP contribution in [0.4, 0.5) is 5.69 Å². The molecule has 0 bridgehead atoms. The van der Waals surface area contributed by atoms with Gasteiger partial charge in [0.05, 0.1) is 19.2 Å². The third kappa shape index (κ3) is 3.40. The average Bonchev–Trinajstić information content (AvgIpc) is 2.47. The maximum absolute atomic E-state index is 12.5. The van der Waals surface area contributed by atoms with Crippen LogP contribution in [-0.4, -0.2) is 22.6 Å². The Morgan fingerprint density at radius 3 is 2.19 bits per heavy atom. The first kappa shape index (κ1) is 15.5. The van der Waals surface area contributed by atoms with Gasteiger partial charge in [-0.3, -0.25) is 4.72 Å². The summed E-state index contributed by atoms with van der Waals surface area (Å²) in [6, 6.07) is 11.3. The van der Waals surface area contributed by atoms with Gasteiger partial charge in [0.25, 0.3) is 10.0 Å². The van der Waals surface area contributed by atoms with E-state index in [0.29, 0.717) is 5.69 Å². The number of benzene rings is 2. The molecule has 1 N–H and O–H groups in total. The highest BCUT2D eigenvalue weighted by molar-refractivity contribution is 7.92. The van der Waals surface area contributed by atoms with Crippen LogP contribution in [0.5, 0.6) is 11.5 Å². The smallest absolute Gasteiger partial charge is 0.265 e. The first-order valence-corrected chi connectivity index (χ1v) is 7.83. The molecule has 0 saturated carbocycles. The van der Waals surface area contributed by atoms with Crippen molar-refractivity contribution in [3.63, 3.8) is 0 Å². The Bertz CT molecular complexity index is 732. The predicted octanol–water partition coefficient (Wildman–Crippen LogP) is 3.16. The molecule has 2 aromatic carbocycles. The molecule has 0 aliphatic heterocycles. The Morgan fingerprint density at radius 2 is 1.62 bits per heavy atom. The van der Waals surface area contributed by atoms with Crippen LogP contribution in [0.2, 0.25) is 5.02 Å². The Hall–Kier alpha value is -1.92. The maximum Gasteiger partial charge on any atom is 0.265 e. The standard InChI is InChI=1S/C14H14ClNO4S/c1-19-12-9-14(13(20-2)8-11(12)15)21(17,18)16-10-6-4-3-5-7-10/h3-9,16H,1-2H3. The molecular formula is C14H14ClNO4S. The Kier molecular flexibility index (Phi) is 4.59. The van der Waals surface area contributed by atoms with Crippen LogP contribution in [0, 0.1) is 0 Å². The molecule has 0 amide bonds. The molecule has 0 radical (unpaired) electrons. The zero-order valence-corrected chi connectivity index (χ0v) is 13.0. The molecule has 2 aromatic rings. The molecule has 21 heavy (non-hydrogen) atoms. The Balaban J connectivity index is 2.48. The molecule has 112 valence electrons. The van der Waals surface area contributed by atoms with E-state index in [-0.39, 0.29) is 21.4 Å². The van der Waals surface area contributed by atoms with Crippen molar-refractivity contribution in [1.82, 2.24) is 0 Å². The van der Waals surface area contributed by atoms with Gasteiger partial charge in [-0.15, -0.1) is 0 Å². The van der Waals surface area contributed by atoms with Crippen molar-refractivity contribution in [1.29, 1.82) is 0 Å².